The molecule has 29 heavy (non-hydrogen) atoms. The van der Waals surface area contributed by atoms with Gasteiger partial charge in [0.15, 0.2) is 0 Å². The highest BCUT2D eigenvalue weighted by Crippen LogP contribution is 2.29. The predicted molar refractivity (Wildman–Crippen MR) is 110 cm³/mol. The maximum absolute atomic E-state index is 13.4. The summed E-state index contributed by atoms with van der Waals surface area (Å²) in [6.45, 7) is 2.89. The van der Waals surface area contributed by atoms with Crippen LogP contribution in [0.3, 0.4) is 0 Å². The molecule has 1 unspecified atom stereocenters. The molecule has 1 N–H and O–H groups in total. The number of nitrogens with zero attached hydrogens (tertiary/aromatic N) is 1. The van der Waals surface area contributed by atoms with Gasteiger partial charge in [0.1, 0.15) is 11.6 Å². The normalized spacial score (nSPS) is 15.1. The Kier molecular flexibility index (Phi) is 5.91. The molecular weight excluding hydrogens is 371 g/mol. The van der Waals surface area contributed by atoms with Gasteiger partial charge in [0.25, 0.3) is 0 Å². The third-order valence-corrected chi connectivity index (χ3v) is 5.09. The van der Waals surface area contributed by atoms with Gasteiger partial charge in [-0.05, 0) is 42.0 Å². The molecule has 150 valence electrons. The first-order chi connectivity index (χ1) is 14.2. The van der Waals surface area contributed by atoms with Gasteiger partial charge in [-0.1, -0.05) is 24.3 Å². The molecular formula is C23H23FN2O3. The zero-order valence-electron chi connectivity index (χ0n) is 16.0. The van der Waals surface area contributed by atoms with Crippen molar-refractivity contribution in [3.63, 3.8) is 0 Å². The minimum absolute atomic E-state index is 0.159. The number of carbonyl (C=O) groups excluding carboxylic acids is 1. The number of furan rings is 1. The fourth-order valence-corrected chi connectivity index (χ4v) is 3.57. The third-order valence-electron chi connectivity index (χ3n) is 5.09. The maximum Gasteiger partial charge on any atom is 0.232 e. The average molecular weight is 394 g/mol. The van der Waals surface area contributed by atoms with Crippen molar-refractivity contribution in [2.24, 2.45) is 0 Å². The van der Waals surface area contributed by atoms with Crippen molar-refractivity contribution in [3.05, 3.63) is 84.1 Å². The van der Waals surface area contributed by atoms with E-state index < -0.39 is 5.92 Å². The molecule has 0 bridgehead atoms. The number of para-hydroxylation sites is 2. The molecule has 1 saturated heterocycles. The number of hydrogen-bond acceptors (Lipinski definition) is 4. The summed E-state index contributed by atoms with van der Waals surface area (Å²) in [4.78, 5) is 15.5. The van der Waals surface area contributed by atoms with Gasteiger partial charge in [-0.25, -0.2) is 4.39 Å². The summed E-state index contributed by atoms with van der Waals surface area (Å²) in [6.07, 6.45) is 1.98. The van der Waals surface area contributed by atoms with E-state index in [4.69, 9.17) is 9.15 Å². The van der Waals surface area contributed by atoms with Crippen LogP contribution >= 0.6 is 0 Å². The summed E-state index contributed by atoms with van der Waals surface area (Å²) in [5.74, 6) is -0.285. The van der Waals surface area contributed by atoms with E-state index in [9.17, 15) is 9.18 Å². The van der Waals surface area contributed by atoms with E-state index in [-0.39, 0.29) is 11.7 Å². The van der Waals surface area contributed by atoms with E-state index in [2.05, 4.69) is 10.2 Å². The fraction of sp³-hybridized carbons (Fsp3) is 0.261. The lowest BCUT2D eigenvalue weighted by molar-refractivity contribution is -0.117. The molecule has 0 spiro atoms. The van der Waals surface area contributed by atoms with Gasteiger partial charge >= 0.3 is 0 Å². The number of nitrogens with one attached hydrogen (secondary N) is 1. The second kappa shape index (κ2) is 8.92. The molecule has 2 heterocycles. The molecule has 1 fully saturated rings. The van der Waals surface area contributed by atoms with E-state index >= 15 is 0 Å². The molecule has 5 nitrogen and oxygen atoms in total. The van der Waals surface area contributed by atoms with Gasteiger partial charge in [0.05, 0.1) is 36.8 Å². The Morgan fingerprint density at radius 3 is 2.52 bits per heavy atom. The largest absolute Gasteiger partial charge is 0.469 e. The predicted octanol–water partition coefficient (Wildman–Crippen LogP) is 4.22. The second-order valence-corrected chi connectivity index (χ2v) is 6.99. The fourth-order valence-electron chi connectivity index (χ4n) is 3.57. The highest BCUT2D eigenvalue weighted by Gasteiger charge is 2.24. The summed E-state index contributed by atoms with van der Waals surface area (Å²) in [5.41, 5.74) is 2.47. The molecule has 1 atom stereocenters. The number of morpholine rings is 1. The van der Waals surface area contributed by atoms with Gasteiger partial charge in [-0.2, -0.15) is 0 Å². The number of anilines is 2. The van der Waals surface area contributed by atoms with Crippen LogP contribution in [0.25, 0.3) is 0 Å². The number of carbonyl (C=O) groups is 1. The Bertz CT molecular complexity index is 935. The van der Waals surface area contributed by atoms with E-state index in [0.29, 0.717) is 25.4 Å². The van der Waals surface area contributed by atoms with E-state index in [1.54, 1.807) is 24.5 Å². The minimum Gasteiger partial charge on any atom is -0.469 e. The number of benzene rings is 2. The second-order valence-electron chi connectivity index (χ2n) is 6.99. The van der Waals surface area contributed by atoms with Crippen molar-refractivity contribution >= 4 is 17.3 Å². The van der Waals surface area contributed by atoms with E-state index in [1.165, 1.54) is 12.1 Å². The lowest BCUT2D eigenvalue weighted by atomic mass is 9.93. The summed E-state index contributed by atoms with van der Waals surface area (Å²) < 4.78 is 24.3. The molecule has 6 heteroatoms. The SMILES string of the molecule is O=C(Nc1ccccc1N1CCOCC1)C(Cc1ccco1)c1ccc(F)cc1. The number of halogens is 1. The Balaban J connectivity index is 1.59. The Labute approximate surface area is 169 Å². The van der Waals surface area contributed by atoms with Crippen molar-refractivity contribution in [2.75, 3.05) is 36.5 Å². The molecule has 1 aliphatic rings. The van der Waals surface area contributed by atoms with E-state index in [1.807, 2.05) is 30.3 Å². The molecule has 0 saturated carbocycles. The van der Waals surface area contributed by atoms with Crippen LogP contribution in [0.1, 0.15) is 17.2 Å². The first kappa shape index (κ1) is 19.2. The van der Waals surface area contributed by atoms with Crippen LogP contribution in [-0.4, -0.2) is 32.2 Å². The standard InChI is InChI=1S/C23H23FN2O3/c24-18-9-7-17(8-10-18)20(16-19-4-3-13-29-19)23(27)25-21-5-1-2-6-22(21)26-11-14-28-15-12-26/h1-10,13,20H,11-12,14-16H2,(H,25,27). The first-order valence-electron chi connectivity index (χ1n) is 9.71. The third kappa shape index (κ3) is 4.66. The summed E-state index contributed by atoms with van der Waals surface area (Å²) in [7, 11) is 0. The van der Waals surface area contributed by atoms with Crippen LogP contribution in [0.5, 0.6) is 0 Å². The lowest BCUT2D eigenvalue weighted by Crippen LogP contribution is -2.37. The Morgan fingerprint density at radius 1 is 1.03 bits per heavy atom. The topological polar surface area (TPSA) is 54.7 Å². The van der Waals surface area contributed by atoms with E-state index in [0.717, 1.165) is 30.0 Å². The monoisotopic (exact) mass is 394 g/mol. The quantitative estimate of drug-likeness (QED) is 0.680. The van der Waals surface area contributed by atoms with Crippen LogP contribution in [0.4, 0.5) is 15.8 Å². The molecule has 1 aliphatic heterocycles. The number of ether oxygens (including phenoxy) is 1. The summed E-state index contributed by atoms with van der Waals surface area (Å²) in [6, 6.07) is 17.4. The van der Waals surface area contributed by atoms with Crippen molar-refractivity contribution in [3.8, 4) is 0 Å². The molecule has 1 amide bonds. The highest BCUT2D eigenvalue weighted by atomic mass is 19.1. The molecule has 1 aromatic heterocycles. The maximum atomic E-state index is 13.4. The number of amides is 1. The van der Waals surface area contributed by atoms with Gasteiger partial charge in [0, 0.05) is 19.5 Å². The Hall–Kier alpha value is -3.12. The zero-order valence-corrected chi connectivity index (χ0v) is 16.0. The highest BCUT2D eigenvalue weighted by molar-refractivity contribution is 5.98. The van der Waals surface area contributed by atoms with Gasteiger partial charge in [-0.15, -0.1) is 0 Å². The van der Waals surface area contributed by atoms with Crippen LogP contribution in [0.15, 0.2) is 71.3 Å². The molecule has 0 aliphatic carbocycles. The van der Waals surface area contributed by atoms with Crippen LogP contribution in [0.2, 0.25) is 0 Å². The Morgan fingerprint density at radius 2 is 1.79 bits per heavy atom. The average Bonchev–Trinajstić information content (AvgIpc) is 3.27. The minimum atomic E-state index is -0.500. The lowest BCUT2D eigenvalue weighted by Gasteiger charge is -2.30. The molecule has 0 radical (unpaired) electrons. The van der Waals surface area contributed by atoms with Crippen LogP contribution in [0, 0.1) is 5.82 Å². The van der Waals surface area contributed by atoms with Gasteiger partial charge in [0.2, 0.25) is 5.91 Å². The van der Waals surface area contributed by atoms with Gasteiger partial charge in [-0.3, -0.25) is 4.79 Å². The number of hydrogen-bond donors (Lipinski definition) is 1. The summed E-state index contributed by atoms with van der Waals surface area (Å²) in [5, 5.41) is 3.08. The van der Waals surface area contributed by atoms with Crippen LogP contribution < -0.4 is 10.2 Å². The van der Waals surface area contributed by atoms with Crippen LogP contribution in [-0.2, 0) is 16.0 Å². The van der Waals surface area contributed by atoms with Crippen molar-refractivity contribution in [1.29, 1.82) is 0 Å². The van der Waals surface area contributed by atoms with Gasteiger partial charge < -0.3 is 19.4 Å². The number of rotatable bonds is 6. The first-order valence-corrected chi connectivity index (χ1v) is 9.71. The zero-order chi connectivity index (χ0) is 20.1. The van der Waals surface area contributed by atoms with Crippen molar-refractivity contribution in [1.82, 2.24) is 0 Å². The molecule has 4 rings (SSSR count). The molecule has 2 aromatic carbocycles. The summed E-state index contributed by atoms with van der Waals surface area (Å²) >= 11 is 0. The molecule has 3 aromatic rings. The smallest absolute Gasteiger partial charge is 0.232 e. The van der Waals surface area contributed by atoms with Crippen molar-refractivity contribution < 1.29 is 18.3 Å². The van der Waals surface area contributed by atoms with Crippen molar-refractivity contribution in [2.45, 2.75) is 12.3 Å².